The standard InChI is InChI=1S/3C20H30O2/c3*1-13(2)14-6-8-16-15(12-14)7-9-17-19(16,3)10-5-11-20(17,4)18(21)22/h12,16-17H,5-11H2,1-4H3,(H,21,22);12-13,17H,5-11H2,1-4H3,(H,21,22);7,12-13,16-17H,5-6,8-11H2,1-4H3,(H,21,22). The van der Waals surface area contributed by atoms with Gasteiger partial charge in [0.05, 0.1) is 16.2 Å². The minimum Gasteiger partial charge on any atom is -0.481 e. The van der Waals surface area contributed by atoms with E-state index in [1.165, 1.54) is 68.1 Å². The topological polar surface area (TPSA) is 112 Å². The summed E-state index contributed by atoms with van der Waals surface area (Å²) in [5, 5.41) is 29.5. The molecule has 9 aliphatic rings. The van der Waals surface area contributed by atoms with Crippen LogP contribution in [0.3, 0.4) is 0 Å². The van der Waals surface area contributed by atoms with Gasteiger partial charge in [-0.25, -0.2) is 0 Å². The fraction of sp³-hybridized carbons (Fsp3) is 0.750. The van der Waals surface area contributed by atoms with Crippen LogP contribution in [-0.2, 0) is 14.4 Å². The highest BCUT2D eigenvalue weighted by Gasteiger charge is 2.60. The van der Waals surface area contributed by atoms with Crippen molar-refractivity contribution in [3.63, 3.8) is 0 Å². The number of fused-ring (bicyclic) bond motifs is 8. The lowest BCUT2D eigenvalue weighted by Crippen LogP contribution is -2.53. The van der Waals surface area contributed by atoms with Crippen molar-refractivity contribution in [2.24, 2.45) is 73.9 Å². The second-order valence-electron chi connectivity index (χ2n) is 25.5. The van der Waals surface area contributed by atoms with Crippen molar-refractivity contribution >= 4 is 17.9 Å². The highest BCUT2D eigenvalue weighted by Crippen LogP contribution is 2.65. The van der Waals surface area contributed by atoms with Crippen molar-refractivity contribution in [3.8, 4) is 0 Å². The van der Waals surface area contributed by atoms with Gasteiger partial charge in [-0.2, -0.15) is 0 Å². The number of hydrogen-bond donors (Lipinski definition) is 3. The van der Waals surface area contributed by atoms with E-state index in [0.717, 1.165) is 77.0 Å². The van der Waals surface area contributed by atoms with Gasteiger partial charge in [0.1, 0.15) is 0 Å². The van der Waals surface area contributed by atoms with Gasteiger partial charge in [0.15, 0.2) is 0 Å². The summed E-state index contributed by atoms with van der Waals surface area (Å²) >= 11 is 0. The number of allylic oxidation sites excluding steroid dienone is 12. The molecule has 3 N–H and O–H groups in total. The predicted octanol–water partition coefficient (Wildman–Crippen LogP) is 15.9. The van der Waals surface area contributed by atoms with E-state index in [2.05, 4.69) is 86.6 Å². The fourth-order valence-electron chi connectivity index (χ4n) is 17.0. The van der Waals surface area contributed by atoms with Crippen LogP contribution in [0, 0.1) is 73.9 Å². The van der Waals surface area contributed by atoms with Crippen LogP contribution in [-0.4, -0.2) is 33.2 Å². The first-order valence-electron chi connectivity index (χ1n) is 26.8. The first-order chi connectivity index (χ1) is 30.9. The van der Waals surface area contributed by atoms with E-state index >= 15 is 0 Å². The van der Waals surface area contributed by atoms with Gasteiger partial charge in [0.25, 0.3) is 0 Å². The molecule has 0 bridgehead atoms. The van der Waals surface area contributed by atoms with Gasteiger partial charge in [-0.05, 0) is 218 Å². The third-order valence-electron chi connectivity index (χ3n) is 21.2. The molecule has 6 nitrogen and oxygen atoms in total. The second-order valence-corrected chi connectivity index (χ2v) is 25.5. The van der Waals surface area contributed by atoms with Gasteiger partial charge in [0, 0.05) is 0 Å². The third kappa shape index (κ3) is 8.64. The molecular formula is C60H90O6. The van der Waals surface area contributed by atoms with Gasteiger partial charge >= 0.3 is 17.9 Å². The van der Waals surface area contributed by atoms with E-state index < -0.39 is 34.2 Å². The Morgan fingerprint density at radius 2 is 1.06 bits per heavy atom. The van der Waals surface area contributed by atoms with E-state index in [9.17, 15) is 29.7 Å². The van der Waals surface area contributed by atoms with Crippen LogP contribution in [0.1, 0.15) is 212 Å². The Hall–Kier alpha value is -3.15. The molecule has 11 unspecified atom stereocenters. The summed E-state index contributed by atoms with van der Waals surface area (Å²) in [5.74, 6) is 1.61. The SMILES string of the molecule is CC(C)=C1C=C2CCC3C(C)(C(=O)O)CCCC3(C)C2CC1.CC(C)C1=CC2=C(CC1)C1(C)CCCC(C)(C(=O)O)C1CC2.CC(C)C1=CC2=CCC3C(C)(C(=O)O)CCCC3(C)C2CC1. The van der Waals surface area contributed by atoms with Crippen LogP contribution < -0.4 is 0 Å². The fourth-order valence-corrected chi connectivity index (χ4v) is 17.0. The largest absolute Gasteiger partial charge is 0.481 e. The van der Waals surface area contributed by atoms with Crippen molar-refractivity contribution in [2.45, 2.75) is 212 Å². The molecule has 6 heteroatoms. The summed E-state index contributed by atoms with van der Waals surface area (Å²) in [5.41, 5.74) is 11.2. The van der Waals surface area contributed by atoms with E-state index in [0.29, 0.717) is 35.5 Å². The summed E-state index contributed by atoms with van der Waals surface area (Å²) in [4.78, 5) is 35.8. The Morgan fingerprint density at radius 1 is 0.545 bits per heavy atom. The molecule has 0 aromatic rings. The predicted molar refractivity (Wildman–Crippen MR) is 269 cm³/mol. The molecular weight excluding hydrogens is 817 g/mol. The van der Waals surface area contributed by atoms with Crippen molar-refractivity contribution in [1.29, 1.82) is 0 Å². The number of carboxylic acids is 3. The lowest BCUT2D eigenvalue weighted by molar-refractivity contribution is -0.164. The monoisotopic (exact) mass is 907 g/mol. The number of aliphatic carboxylic acids is 3. The summed E-state index contributed by atoms with van der Waals surface area (Å²) in [7, 11) is 0. The molecule has 0 aromatic heterocycles. The van der Waals surface area contributed by atoms with Gasteiger partial charge < -0.3 is 15.3 Å². The van der Waals surface area contributed by atoms with Crippen LogP contribution in [0.25, 0.3) is 0 Å². The van der Waals surface area contributed by atoms with Gasteiger partial charge in [-0.15, -0.1) is 0 Å². The van der Waals surface area contributed by atoms with Crippen molar-refractivity contribution in [3.05, 3.63) is 68.9 Å². The molecule has 366 valence electrons. The van der Waals surface area contributed by atoms with Crippen LogP contribution in [0.4, 0.5) is 0 Å². The smallest absolute Gasteiger partial charge is 0.309 e. The average molecular weight is 907 g/mol. The molecule has 0 spiro atoms. The van der Waals surface area contributed by atoms with Gasteiger partial charge in [-0.1, -0.05) is 120 Å². The Kier molecular flexibility index (Phi) is 14.3. The summed E-state index contributed by atoms with van der Waals surface area (Å²) < 4.78 is 0. The highest BCUT2D eigenvalue weighted by atomic mass is 16.4. The lowest BCUT2D eigenvalue weighted by atomic mass is 9.46. The summed E-state index contributed by atoms with van der Waals surface area (Å²) in [6.07, 6.45) is 31.3. The Morgan fingerprint density at radius 3 is 1.64 bits per heavy atom. The molecule has 0 aromatic carbocycles. The van der Waals surface area contributed by atoms with Crippen LogP contribution in [0.15, 0.2) is 68.9 Å². The molecule has 0 aliphatic heterocycles. The van der Waals surface area contributed by atoms with Gasteiger partial charge in [-0.3, -0.25) is 14.4 Å². The molecule has 4 fully saturated rings. The second kappa shape index (κ2) is 18.6. The maximum absolute atomic E-state index is 12.0. The normalized spacial score (nSPS) is 40.3. The zero-order chi connectivity index (χ0) is 48.4. The number of carbonyl (C=O) groups is 3. The Balaban J connectivity index is 0.000000147. The van der Waals surface area contributed by atoms with Crippen LogP contribution >= 0.6 is 0 Å². The molecule has 66 heavy (non-hydrogen) atoms. The summed E-state index contributed by atoms with van der Waals surface area (Å²) in [6, 6.07) is 0. The summed E-state index contributed by atoms with van der Waals surface area (Å²) in [6.45, 7) is 26.7. The maximum Gasteiger partial charge on any atom is 0.309 e. The first-order valence-corrected chi connectivity index (χ1v) is 26.8. The minimum absolute atomic E-state index is 0.109. The Bertz CT molecular complexity index is 2100. The van der Waals surface area contributed by atoms with E-state index in [1.54, 1.807) is 27.9 Å². The van der Waals surface area contributed by atoms with Gasteiger partial charge in [0.2, 0.25) is 0 Å². The minimum atomic E-state index is -0.588. The molecule has 0 heterocycles. The number of carboxylic acid groups (broad SMARTS) is 3. The third-order valence-corrected chi connectivity index (χ3v) is 21.2. The van der Waals surface area contributed by atoms with Crippen molar-refractivity contribution in [2.75, 3.05) is 0 Å². The van der Waals surface area contributed by atoms with Crippen molar-refractivity contribution < 1.29 is 29.7 Å². The average Bonchev–Trinajstić information content (AvgIpc) is 3.26. The Labute approximate surface area is 400 Å². The molecule has 4 saturated carbocycles. The lowest BCUT2D eigenvalue weighted by Gasteiger charge is -2.58. The molecule has 0 radical (unpaired) electrons. The van der Waals surface area contributed by atoms with E-state index in [-0.39, 0.29) is 22.2 Å². The quantitative estimate of drug-likeness (QED) is 0.253. The van der Waals surface area contributed by atoms with Crippen LogP contribution in [0.2, 0.25) is 0 Å². The first kappa shape index (κ1) is 50.7. The maximum atomic E-state index is 12.0. The number of rotatable bonds is 5. The van der Waals surface area contributed by atoms with Crippen LogP contribution in [0.5, 0.6) is 0 Å². The number of hydrogen-bond acceptors (Lipinski definition) is 3. The zero-order valence-electron chi connectivity index (χ0n) is 43.6. The van der Waals surface area contributed by atoms with Crippen molar-refractivity contribution in [1.82, 2.24) is 0 Å². The molecule has 9 aliphatic carbocycles. The van der Waals surface area contributed by atoms with E-state index in [1.807, 2.05) is 20.8 Å². The molecule has 0 saturated heterocycles. The molecule has 11 atom stereocenters. The molecule has 0 amide bonds. The van der Waals surface area contributed by atoms with E-state index in [4.69, 9.17) is 0 Å². The highest BCUT2D eigenvalue weighted by molar-refractivity contribution is 5.76. The zero-order valence-corrected chi connectivity index (χ0v) is 43.6. The molecule has 9 rings (SSSR count).